The van der Waals surface area contributed by atoms with Gasteiger partial charge in [-0.15, -0.1) is 5.10 Å². The van der Waals surface area contributed by atoms with Gasteiger partial charge in [0, 0.05) is 18.8 Å². The molecule has 0 spiro atoms. The molecule has 0 aliphatic carbocycles. The fourth-order valence-corrected chi connectivity index (χ4v) is 1.54. The van der Waals surface area contributed by atoms with Gasteiger partial charge >= 0.3 is 0 Å². The van der Waals surface area contributed by atoms with Gasteiger partial charge in [-0.05, 0) is 12.1 Å². The molecule has 1 aromatic carbocycles. The number of nitrogens with zero attached hydrogens (tertiary/aromatic N) is 2. The third-order valence-electron chi connectivity index (χ3n) is 2.34. The molecule has 1 aliphatic heterocycles. The number of fused-ring (bicyclic) bond motifs is 1. The van der Waals surface area contributed by atoms with Crippen LogP contribution in [-0.2, 0) is 0 Å². The minimum atomic E-state index is 0.269. The fourth-order valence-electron chi connectivity index (χ4n) is 1.54. The second kappa shape index (κ2) is 3.85. The highest BCUT2D eigenvalue weighted by atomic mass is 16.7. The number of H-pyrrole nitrogens is 1. The molecule has 88 valence electrons. The first-order valence-corrected chi connectivity index (χ1v) is 5.12. The number of aromatic amines is 1. The lowest BCUT2D eigenvalue weighted by atomic mass is 10.3. The van der Waals surface area contributed by atoms with E-state index in [1.807, 2.05) is 18.2 Å². The van der Waals surface area contributed by atoms with E-state index in [9.17, 15) is 0 Å². The normalized spacial score (nSPS) is 12.5. The molecule has 0 saturated carbocycles. The average Bonchev–Trinajstić information content (AvgIpc) is 2.96. The van der Waals surface area contributed by atoms with Gasteiger partial charge in [-0.25, -0.2) is 5.10 Å². The molecule has 0 amide bonds. The summed E-state index contributed by atoms with van der Waals surface area (Å²) < 4.78 is 10.5. The van der Waals surface area contributed by atoms with Crippen LogP contribution >= 0.6 is 0 Å². The molecule has 0 saturated heterocycles. The molecule has 17 heavy (non-hydrogen) atoms. The SMILES string of the molecule is CNc1n[nH]c(Nc2ccc3c(c2)OCO3)n1. The molecule has 0 radical (unpaired) electrons. The van der Waals surface area contributed by atoms with Crippen molar-refractivity contribution in [3.8, 4) is 11.5 Å². The number of anilines is 3. The third kappa shape index (κ3) is 1.82. The van der Waals surface area contributed by atoms with Gasteiger partial charge in [-0.2, -0.15) is 4.98 Å². The van der Waals surface area contributed by atoms with Crippen molar-refractivity contribution in [2.75, 3.05) is 24.5 Å². The standard InChI is InChI=1S/C10H11N5O2/c1-11-9-13-10(15-14-9)12-6-2-3-7-8(4-6)17-5-16-7/h2-4H,5H2,1H3,(H3,11,12,13,14,15). The van der Waals surface area contributed by atoms with Crippen LogP contribution in [0.1, 0.15) is 0 Å². The third-order valence-corrected chi connectivity index (χ3v) is 2.34. The Morgan fingerprint density at radius 3 is 3.00 bits per heavy atom. The lowest BCUT2D eigenvalue weighted by Crippen LogP contribution is -1.93. The molecule has 3 rings (SSSR count). The zero-order valence-corrected chi connectivity index (χ0v) is 9.15. The number of hydrogen-bond donors (Lipinski definition) is 3. The molecule has 1 aromatic heterocycles. The number of benzene rings is 1. The summed E-state index contributed by atoms with van der Waals surface area (Å²) in [7, 11) is 1.76. The van der Waals surface area contributed by atoms with E-state index in [-0.39, 0.29) is 6.79 Å². The lowest BCUT2D eigenvalue weighted by molar-refractivity contribution is 0.174. The van der Waals surface area contributed by atoms with Gasteiger partial charge in [0.15, 0.2) is 11.5 Å². The molecule has 0 bridgehead atoms. The maximum atomic E-state index is 5.28. The first kappa shape index (κ1) is 9.76. The molecule has 0 atom stereocenters. The van der Waals surface area contributed by atoms with E-state index in [0.29, 0.717) is 11.9 Å². The zero-order valence-electron chi connectivity index (χ0n) is 9.15. The largest absolute Gasteiger partial charge is 0.454 e. The van der Waals surface area contributed by atoms with Gasteiger partial charge in [-0.3, -0.25) is 0 Å². The van der Waals surface area contributed by atoms with Crippen molar-refractivity contribution < 1.29 is 9.47 Å². The highest BCUT2D eigenvalue weighted by molar-refractivity contribution is 5.60. The summed E-state index contributed by atoms with van der Waals surface area (Å²) in [5, 5.41) is 12.6. The van der Waals surface area contributed by atoms with Crippen LogP contribution in [-0.4, -0.2) is 29.0 Å². The van der Waals surface area contributed by atoms with E-state index < -0.39 is 0 Å². The maximum Gasteiger partial charge on any atom is 0.243 e. The summed E-state index contributed by atoms with van der Waals surface area (Å²) in [6, 6.07) is 5.58. The predicted molar refractivity (Wildman–Crippen MR) is 61.8 cm³/mol. The van der Waals surface area contributed by atoms with Crippen molar-refractivity contribution in [3.63, 3.8) is 0 Å². The number of hydrogen-bond acceptors (Lipinski definition) is 6. The van der Waals surface area contributed by atoms with Crippen LogP contribution in [0.4, 0.5) is 17.6 Å². The number of rotatable bonds is 3. The zero-order chi connectivity index (χ0) is 11.7. The Morgan fingerprint density at radius 2 is 2.18 bits per heavy atom. The van der Waals surface area contributed by atoms with Crippen molar-refractivity contribution in [2.24, 2.45) is 0 Å². The Hall–Kier alpha value is -2.44. The van der Waals surface area contributed by atoms with Gasteiger partial charge in [-0.1, -0.05) is 0 Å². The van der Waals surface area contributed by atoms with Crippen LogP contribution < -0.4 is 20.1 Å². The maximum absolute atomic E-state index is 5.28. The van der Waals surface area contributed by atoms with E-state index in [0.717, 1.165) is 17.2 Å². The Balaban J connectivity index is 1.80. The van der Waals surface area contributed by atoms with Gasteiger partial charge in [0.2, 0.25) is 18.7 Å². The van der Waals surface area contributed by atoms with Crippen LogP contribution in [0.25, 0.3) is 0 Å². The first-order chi connectivity index (χ1) is 8.35. The molecule has 7 heteroatoms. The van der Waals surface area contributed by atoms with Crippen LogP contribution in [0.2, 0.25) is 0 Å². The summed E-state index contributed by atoms with van der Waals surface area (Å²) in [5.41, 5.74) is 0.855. The van der Waals surface area contributed by atoms with Gasteiger partial charge in [0.05, 0.1) is 0 Å². The fraction of sp³-hybridized carbons (Fsp3) is 0.200. The van der Waals surface area contributed by atoms with E-state index in [4.69, 9.17) is 9.47 Å². The average molecular weight is 233 g/mol. The first-order valence-electron chi connectivity index (χ1n) is 5.12. The minimum absolute atomic E-state index is 0.269. The van der Waals surface area contributed by atoms with Crippen molar-refractivity contribution >= 4 is 17.6 Å². The molecule has 0 unspecified atom stereocenters. The van der Waals surface area contributed by atoms with Crippen LogP contribution in [0, 0.1) is 0 Å². The Labute approximate surface area is 97.2 Å². The summed E-state index contributed by atoms with van der Waals surface area (Å²) in [5.74, 6) is 2.58. The van der Waals surface area contributed by atoms with Gasteiger partial charge < -0.3 is 20.1 Å². The Bertz CT molecular complexity index is 539. The molecular formula is C10H11N5O2. The summed E-state index contributed by atoms with van der Waals surface area (Å²) in [4.78, 5) is 4.16. The van der Waals surface area contributed by atoms with Crippen molar-refractivity contribution in [2.45, 2.75) is 0 Å². The topological polar surface area (TPSA) is 84.1 Å². The molecule has 3 N–H and O–H groups in total. The molecule has 2 aromatic rings. The van der Waals surface area contributed by atoms with Crippen molar-refractivity contribution in [1.29, 1.82) is 0 Å². The summed E-state index contributed by atoms with van der Waals surface area (Å²) in [6.07, 6.45) is 0. The molecule has 1 aliphatic rings. The number of nitrogens with one attached hydrogen (secondary N) is 3. The van der Waals surface area contributed by atoms with Gasteiger partial charge in [0.25, 0.3) is 0 Å². The second-order valence-electron chi connectivity index (χ2n) is 3.45. The molecule has 0 fully saturated rings. The monoisotopic (exact) mass is 233 g/mol. The quantitative estimate of drug-likeness (QED) is 0.741. The molecule has 7 nitrogen and oxygen atoms in total. The van der Waals surface area contributed by atoms with Crippen LogP contribution in [0.3, 0.4) is 0 Å². The van der Waals surface area contributed by atoms with E-state index >= 15 is 0 Å². The summed E-state index contributed by atoms with van der Waals surface area (Å²) >= 11 is 0. The Kier molecular flexibility index (Phi) is 2.21. The Morgan fingerprint density at radius 1 is 1.29 bits per heavy atom. The van der Waals surface area contributed by atoms with Gasteiger partial charge in [0.1, 0.15) is 0 Å². The smallest absolute Gasteiger partial charge is 0.243 e. The lowest BCUT2D eigenvalue weighted by Gasteiger charge is -2.03. The molecular weight excluding hydrogens is 222 g/mol. The van der Waals surface area contributed by atoms with E-state index in [1.165, 1.54) is 0 Å². The summed E-state index contributed by atoms with van der Waals surface area (Å²) in [6.45, 7) is 0.269. The van der Waals surface area contributed by atoms with E-state index in [2.05, 4.69) is 25.8 Å². The number of aromatic nitrogens is 3. The van der Waals surface area contributed by atoms with Crippen molar-refractivity contribution in [3.05, 3.63) is 18.2 Å². The van der Waals surface area contributed by atoms with Crippen LogP contribution in [0.5, 0.6) is 11.5 Å². The predicted octanol–water partition coefficient (Wildman–Crippen LogP) is 1.32. The second-order valence-corrected chi connectivity index (χ2v) is 3.45. The number of ether oxygens (including phenoxy) is 2. The van der Waals surface area contributed by atoms with Crippen LogP contribution in [0.15, 0.2) is 18.2 Å². The molecule has 2 heterocycles. The highest BCUT2D eigenvalue weighted by Crippen LogP contribution is 2.34. The highest BCUT2D eigenvalue weighted by Gasteiger charge is 2.13. The van der Waals surface area contributed by atoms with E-state index in [1.54, 1.807) is 7.05 Å². The minimum Gasteiger partial charge on any atom is -0.454 e. The van der Waals surface area contributed by atoms with Crippen molar-refractivity contribution in [1.82, 2.24) is 15.2 Å².